The minimum Gasteiger partial charge on any atom is -0.309 e. The van der Waals surface area contributed by atoms with Crippen molar-refractivity contribution in [1.82, 2.24) is 9.13 Å². The van der Waals surface area contributed by atoms with Crippen molar-refractivity contribution < 1.29 is 0 Å². The summed E-state index contributed by atoms with van der Waals surface area (Å²) in [6, 6.07) is 67.2. The zero-order valence-corrected chi connectivity index (χ0v) is 29.4. The first kappa shape index (κ1) is 29.0. The van der Waals surface area contributed by atoms with Gasteiger partial charge in [0.15, 0.2) is 0 Å². The van der Waals surface area contributed by atoms with Gasteiger partial charge in [0, 0.05) is 48.1 Å². The van der Waals surface area contributed by atoms with Crippen LogP contribution in [-0.2, 0) is 0 Å². The Morgan fingerprint density at radius 3 is 1.87 bits per heavy atom. The number of fused-ring (bicyclic) bond motifs is 12. The van der Waals surface area contributed by atoms with Gasteiger partial charge >= 0.3 is 0 Å². The van der Waals surface area contributed by atoms with Crippen LogP contribution in [0.4, 0.5) is 0 Å². The SMILES string of the molecule is c1ccc2cc(-n3c4ccccc4c4cc(-c5cc6c7ccccc7n(-c7cccc8ccccc78)c6c6sc7ccccc7c56)ccc43)ccc2c1. The molecule has 3 aromatic heterocycles. The Bertz CT molecular complexity index is 3460. The molecule has 12 rings (SSSR count). The summed E-state index contributed by atoms with van der Waals surface area (Å²) in [5.41, 5.74) is 9.83. The van der Waals surface area contributed by atoms with Gasteiger partial charge in [-0.2, -0.15) is 0 Å². The van der Waals surface area contributed by atoms with Crippen LogP contribution < -0.4 is 0 Å². The molecule has 53 heavy (non-hydrogen) atoms. The molecule has 0 radical (unpaired) electrons. The molecular formula is C50H30N2S. The number of thiophene rings is 1. The van der Waals surface area contributed by atoms with Crippen LogP contribution in [0.3, 0.4) is 0 Å². The van der Waals surface area contributed by atoms with E-state index in [0.717, 1.165) is 0 Å². The molecule has 0 saturated carbocycles. The van der Waals surface area contributed by atoms with E-state index < -0.39 is 0 Å². The van der Waals surface area contributed by atoms with Gasteiger partial charge in [-0.05, 0) is 81.9 Å². The highest BCUT2D eigenvalue weighted by Gasteiger charge is 2.23. The maximum absolute atomic E-state index is 2.52. The molecule has 0 spiro atoms. The molecule has 0 unspecified atom stereocenters. The second-order valence-electron chi connectivity index (χ2n) is 14.1. The topological polar surface area (TPSA) is 9.86 Å². The van der Waals surface area contributed by atoms with Crippen LogP contribution in [0.1, 0.15) is 0 Å². The summed E-state index contributed by atoms with van der Waals surface area (Å²) in [6.07, 6.45) is 0. The Hall–Kier alpha value is -6.68. The highest BCUT2D eigenvalue weighted by molar-refractivity contribution is 7.26. The third-order valence-electron chi connectivity index (χ3n) is 11.3. The molecule has 0 N–H and O–H groups in total. The molecule has 12 aromatic rings. The third-order valence-corrected chi connectivity index (χ3v) is 12.4. The zero-order valence-electron chi connectivity index (χ0n) is 28.6. The average molecular weight is 691 g/mol. The van der Waals surface area contributed by atoms with Gasteiger partial charge in [0.05, 0.1) is 32.5 Å². The molecule has 2 nitrogen and oxygen atoms in total. The van der Waals surface area contributed by atoms with E-state index in [0.29, 0.717) is 0 Å². The van der Waals surface area contributed by atoms with E-state index in [1.165, 1.54) is 108 Å². The van der Waals surface area contributed by atoms with Crippen LogP contribution in [-0.4, -0.2) is 9.13 Å². The van der Waals surface area contributed by atoms with Gasteiger partial charge < -0.3 is 9.13 Å². The van der Waals surface area contributed by atoms with Gasteiger partial charge in [-0.3, -0.25) is 0 Å². The summed E-state index contributed by atoms with van der Waals surface area (Å²) in [5, 5.41) is 12.7. The number of aromatic nitrogens is 2. The van der Waals surface area contributed by atoms with E-state index in [2.05, 4.69) is 191 Å². The molecule has 3 heteroatoms. The summed E-state index contributed by atoms with van der Waals surface area (Å²) >= 11 is 1.91. The van der Waals surface area contributed by atoms with Crippen LogP contribution in [0.25, 0.3) is 108 Å². The van der Waals surface area contributed by atoms with Crippen molar-refractivity contribution in [3.8, 4) is 22.5 Å². The monoisotopic (exact) mass is 690 g/mol. The van der Waals surface area contributed by atoms with Crippen molar-refractivity contribution in [2.45, 2.75) is 0 Å². The fraction of sp³-hybridized carbons (Fsp3) is 0. The zero-order chi connectivity index (χ0) is 34.6. The molecule has 0 aliphatic heterocycles. The van der Waals surface area contributed by atoms with Gasteiger partial charge in [0.25, 0.3) is 0 Å². The predicted octanol–water partition coefficient (Wildman–Crippen LogP) is 14.2. The maximum atomic E-state index is 2.52. The second kappa shape index (κ2) is 10.9. The molecule has 0 atom stereocenters. The van der Waals surface area contributed by atoms with Crippen molar-refractivity contribution in [2.24, 2.45) is 0 Å². The number of hydrogen-bond acceptors (Lipinski definition) is 1. The number of rotatable bonds is 3. The lowest BCUT2D eigenvalue weighted by atomic mass is 9.95. The van der Waals surface area contributed by atoms with Crippen LogP contribution in [0.2, 0.25) is 0 Å². The summed E-state index contributed by atoms with van der Waals surface area (Å²) < 4.78 is 7.58. The van der Waals surface area contributed by atoms with E-state index in [9.17, 15) is 0 Å². The number of para-hydroxylation sites is 2. The Labute approximate surface area is 309 Å². The average Bonchev–Trinajstić information content (AvgIpc) is 3.88. The van der Waals surface area contributed by atoms with Gasteiger partial charge in [0.1, 0.15) is 0 Å². The highest BCUT2D eigenvalue weighted by atomic mass is 32.1. The summed E-state index contributed by atoms with van der Waals surface area (Å²) in [4.78, 5) is 0. The standard InChI is InChI=1S/C50H30N2S/c1-2-14-33-28-35(26-24-31(33)12-1)51-44-20-8-5-17-37(44)41-29-34(25-27-46(41)51)40-30-42-38-18-6-9-21-45(38)52(43-22-11-15-32-13-3-4-16-36(32)43)49(42)50-48(40)39-19-7-10-23-47(39)53-50/h1-30H. The normalized spacial score (nSPS) is 12.2. The number of nitrogens with zero attached hydrogens (tertiary/aromatic N) is 2. The predicted molar refractivity (Wildman–Crippen MR) is 228 cm³/mol. The quantitative estimate of drug-likeness (QED) is 0.175. The molecule has 0 aliphatic carbocycles. The van der Waals surface area contributed by atoms with Gasteiger partial charge in [0.2, 0.25) is 0 Å². The van der Waals surface area contributed by atoms with Crippen molar-refractivity contribution in [1.29, 1.82) is 0 Å². The van der Waals surface area contributed by atoms with E-state index in [1.54, 1.807) is 0 Å². The summed E-state index contributed by atoms with van der Waals surface area (Å²) in [7, 11) is 0. The molecule has 0 saturated heterocycles. The third kappa shape index (κ3) is 4.08. The Balaban J connectivity index is 1.19. The van der Waals surface area contributed by atoms with Crippen molar-refractivity contribution >= 4 is 96.7 Å². The minimum absolute atomic E-state index is 1.18. The van der Waals surface area contributed by atoms with Crippen LogP contribution in [0.5, 0.6) is 0 Å². The van der Waals surface area contributed by atoms with Crippen LogP contribution >= 0.6 is 11.3 Å². The lowest BCUT2D eigenvalue weighted by molar-refractivity contribution is 1.19. The molecule has 246 valence electrons. The summed E-state index contributed by atoms with van der Waals surface area (Å²) in [6.45, 7) is 0. The largest absolute Gasteiger partial charge is 0.309 e. The first-order valence-corrected chi connectivity index (χ1v) is 19.0. The van der Waals surface area contributed by atoms with Crippen molar-refractivity contribution in [3.05, 3.63) is 182 Å². The number of benzene rings is 9. The van der Waals surface area contributed by atoms with E-state index in [1.807, 2.05) is 11.3 Å². The van der Waals surface area contributed by atoms with Crippen molar-refractivity contribution in [2.75, 3.05) is 0 Å². The Kier molecular flexibility index (Phi) is 5.96. The lowest BCUT2D eigenvalue weighted by Gasteiger charge is -2.13. The molecule has 0 aliphatic rings. The highest BCUT2D eigenvalue weighted by Crippen LogP contribution is 2.48. The second-order valence-corrected chi connectivity index (χ2v) is 15.1. The Morgan fingerprint density at radius 2 is 1.02 bits per heavy atom. The van der Waals surface area contributed by atoms with Gasteiger partial charge in [-0.25, -0.2) is 0 Å². The lowest BCUT2D eigenvalue weighted by Crippen LogP contribution is -1.95. The smallest absolute Gasteiger partial charge is 0.0720 e. The molecule has 0 bridgehead atoms. The molecule has 9 aromatic carbocycles. The van der Waals surface area contributed by atoms with Crippen LogP contribution in [0.15, 0.2) is 182 Å². The van der Waals surface area contributed by atoms with E-state index >= 15 is 0 Å². The molecule has 0 amide bonds. The Morgan fingerprint density at radius 1 is 0.377 bits per heavy atom. The number of hydrogen-bond donors (Lipinski definition) is 0. The first-order valence-electron chi connectivity index (χ1n) is 18.2. The fourth-order valence-electron chi connectivity index (χ4n) is 8.95. The molecule has 0 fully saturated rings. The minimum atomic E-state index is 1.18. The van der Waals surface area contributed by atoms with Crippen molar-refractivity contribution in [3.63, 3.8) is 0 Å². The van der Waals surface area contributed by atoms with Gasteiger partial charge in [-0.1, -0.05) is 127 Å². The molecular weight excluding hydrogens is 661 g/mol. The first-order chi connectivity index (χ1) is 26.3. The summed E-state index contributed by atoms with van der Waals surface area (Å²) in [5.74, 6) is 0. The fourth-order valence-corrected chi connectivity index (χ4v) is 10.2. The molecule has 3 heterocycles. The maximum Gasteiger partial charge on any atom is 0.0720 e. The van der Waals surface area contributed by atoms with Gasteiger partial charge in [-0.15, -0.1) is 11.3 Å². The van der Waals surface area contributed by atoms with E-state index in [4.69, 9.17) is 0 Å². The van der Waals surface area contributed by atoms with Crippen LogP contribution in [0, 0.1) is 0 Å². The van der Waals surface area contributed by atoms with E-state index in [-0.39, 0.29) is 0 Å².